The topological polar surface area (TPSA) is 159 Å². The van der Waals surface area contributed by atoms with E-state index in [4.69, 9.17) is 10.00 Å². The second kappa shape index (κ2) is 10.2. The third-order valence-corrected chi connectivity index (χ3v) is 3.84. The maximum absolute atomic E-state index is 14.5. The number of hydrogen-bond acceptors (Lipinski definition) is 9. The van der Waals surface area contributed by atoms with E-state index in [1.54, 1.807) is 6.92 Å². The summed E-state index contributed by atoms with van der Waals surface area (Å²) in [7, 11) is 0. The molecule has 3 N–H and O–H groups in total. The number of hydrogen-bond donors (Lipinski definition) is 3. The van der Waals surface area contributed by atoms with Gasteiger partial charge in [0.05, 0.1) is 12.3 Å². The first-order valence-electron chi connectivity index (χ1n) is 9.34. The smallest absolute Gasteiger partial charge is 0.414 e. The standard InChI is InChI=1S/C20H21FN6O5/c1-5-31-19(30)23-18(29)14(10-22)25-24-11-6-7-15(13(21)8-11)32-16-9-12(20(2,3)4)17(28)27-26-16/h6-9,24H,5H2,1-4H3,(H,27,28)(H,23,29,30)/b25-14-. The number of nitrogens with one attached hydrogen (secondary N) is 3. The number of aromatic nitrogens is 2. The number of aromatic amines is 1. The van der Waals surface area contributed by atoms with Gasteiger partial charge < -0.3 is 9.47 Å². The number of anilines is 1. The lowest BCUT2D eigenvalue weighted by atomic mass is 9.88. The first-order chi connectivity index (χ1) is 15.0. The lowest BCUT2D eigenvalue weighted by Crippen LogP contribution is -2.36. The Hall–Kier alpha value is -4.27. The summed E-state index contributed by atoms with van der Waals surface area (Å²) >= 11 is 0. The third kappa shape index (κ3) is 6.36. The molecule has 32 heavy (non-hydrogen) atoms. The summed E-state index contributed by atoms with van der Waals surface area (Å²) in [6.07, 6.45) is -1.03. The van der Waals surface area contributed by atoms with Crippen LogP contribution >= 0.6 is 0 Å². The van der Waals surface area contributed by atoms with E-state index in [2.05, 4.69) is 25.5 Å². The molecule has 0 unspecified atom stereocenters. The predicted molar refractivity (Wildman–Crippen MR) is 112 cm³/mol. The molecule has 2 amide bonds. The molecule has 2 rings (SSSR count). The number of benzene rings is 1. The van der Waals surface area contributed by atoms with Gasteiger partial charge in [0.15, 0.2) is 11.6 Å². The van der Waals surface area contributed by atoms with E-state index in [0.29, 0.717) is 5.56 Å². The number of alkyl carbamates (subject to hydrolysis) is 1. The highest BCUT2D eigenvalue weighted by Gasteiger charge is 2.20. The molecule has 168 valence electrons. The molecule has 2 aromatic rings. The molecule has 0 saturated carbocycles. The van der Waals surface area contributed by atoms with Crippen LogP contribution in [0.4, 0.5) is 14.9 Å². The van der Waals surface area contributed by atoms with Crippen molar-refractivity contribution in [3.05, 3.63) is 46.0 Å². The molecule has 0 fully saturated rings. The van der Waals surface area contributed by atoms with Crippen LogP contribution in [-0.4, -0.2) is 34.5 Å². The number of nitrogens with zero attached hydrogens (tertiary/aromatic N) is 3. The average Bonchev–Trinajstić information content (AvgIpc) is 2.71. The highest BCUT2D eigenvalue weighted by atomic mass is 19.1. The Bertz CT molecular complexity index is 1150. The van der Waals surface area contributed by atoms with Gasteiger partial charge in [0.25, 0.3) is 11.5 Å². The van der Waals surface area contributed by atoms with E-state index in [0.717, 1.165) is 6.07 Å². The summed E-state index contributed by atoms with van der Waals surface area (Å²) in [6.45, 7) is 7.10. The molecule has 0 radical (unpaired) electrons. The van der Waals surface area contributed by atoms with E-state index in [-0.39, 0.29) is 29.5 Å². The van der Waals surface area contributed by atoms with Gasteiger partial charge in [0.2, 0.25) is 11.6 Å². The minimum Gasteiger partial charge on any atom is -0.450 e. The zero-order valence-electron chi connectivity index (χ0n) is 17.8. The number of ether oxygens (including phenoxy) is 2. The lowest BCUT2D eigenvalue weighted by Gasteiger charge is -2.17. The van der Waals surface area contributed by atoms with Gasteiger partial charge in [0, 0.05) is 17.7 Å². The van der Waals surface area contributed by atoms with Crippen molar-refractivity contribution in [1.29, 1.82) is 5.26 Å². The van der Waals surface area contributed by atoms with Crippen LogP contribution in [0.2, 0.25) is 0 Å². The van der Waals surface area contributed by atoms with Crippen LogP contribution in [-0.2, 0) is 14.9 Å². The highest BCUT2D eigenvalue weighted by molar-refractivity contribution is 6.46. The third-order valence-electron chi connectivity index (χ3n) is 3.84. The monoisotopic (exact) mass is 444 g/mol. The summed E-state index contributed by atoms with van der Waals surface area (Å²) in [4.78, 5) is 35.0. The average molecular weight is 444 g/mol. The highest BCUT2D eigenvalue weighted by Crippen LogP contribution is 2.27. The summed E-state index contributed by atoms with van der Waals surface area (Å²) in [6, 6.07) is 6.58. The van der Waals surface area contributed by atoms with E-state index >= 15 is 0 Å². The Kier molecular flexibility index (Phi) is 7.62. The maximum Gasteiger partial charge on any atom is 0.414 e. The van der Waals surface area contributed by atoms with Crippen LogP contribution in [0.5, 0.6) is 11.6 Å². The molecule has 0 atom stereocenters. The Morgan fingerprint density at radius 2 is 2.03 bits per heavy atom. The van der Waals surface area contributed by atoms with Crippen molar-refractivity contribution >= 4 is 23.4 Å². The second-order valence-electron chi connectivity index (χ2n) is 7.30. The number of carbonyl (C=O) groups excluding carboxylic acids is 2. The van der Waals surface area contributed by atoms with Gasteiger partial charge in [-0.05, 0) is 24.5 Å². The normalized spacial score (nSPS) is 11.3. The lowest BCUT2D eigenvalue weighted by molar-refractivity contribution is -0.114. The van der Waals surface area contributed by atoms with Crippen molar-refractivity contribution in [3.8, 4) is 17.7 Å². The molecule has 0 aliphatic rings. The molecular formula is C20H21FN6O5. The fraction of sp³-hybridized carbons (Fsp3) is 0.300. The number of halogens is 1. The van der Waals surface area contributed by atoms with Crippen LogP contribution in [0, 0.1) is 17.1 Å². The van der Waals surface area contributed by atoms with Crippen LogP contribution in [0.3, 0.4) is 0 Å². The first-order valence-corrected chi connectivity index (χ1v) is 9.34. The number of H-pyrrole nitrogens is 1. The number of nitriles is 1. The van der Waals surface area contributed by atoms with Crippen molar-refractivity contribution in [3.63, 3.8) is 0 Å². The number of hydrazone groups is 1. The molecule has 12 heteroatoms. The summed E-state index contributed by atoms with van der Waals surface area (Å²) in [5, 5.41) is 20.5. The van der Waals surface area contributed by atoms with Gasteiger partial charge in [0.1, 0.15) is 6.07 Å². The first kappa shape index (κ1) is 24.0. The van der Waals surface area contributed by atoms with Gasteiger partial charge in [-0.3, -0.25) is 20.3 Å². The zero-order valence-corrected chi connectivity index (χ0v) is 17.8. The minimum atomic E-state index is -1.09. The number of imide groups is 1. The zero-order chi connectivity index (χ0) is 23.9. The van der Waals surface area contributed by atoms with Gasteiger partial charge in [-0.15, -0.1) is 5.10 Å². The quantitative estimate of drug-likeness (QED) is 0.453. The SMILES string of the molecule is CCOC(=O)NC(=O)/C(C#N)=N\Nc1ccc(Oc2cc(C(C)(C)C)c(=O)[nH]n2)c(F)c1. The van der Waals surface area contributed by atoms with Crippen molar-refractivity contribution in [2.75, 3.05) is 12.0 Å². The van der Waals surface area contributed by atoms with Crippen molar-refractivity contribution in [2.24, 2.45) is 5.10 Å². The molecule has 1 aromatic carbocycles. The Balaban J connectivity index is 2.14. The van der Waals surface area contributed by atoms with E-state index < -0.39 is 28.9 Å². The van der Waals surface area contributed by atoms with Crippen molar-refractivity contribution in [1.82, 2.24) is 15.5 Å². The summed E-state index contributed by atoms with van der Waals surface area (Å²) in [5.41, 5.74) is 1.33. The molecule has 11 nitrogen and oxygen atoms in total. The molecule has 0 spiro atoms. The molecule has 0 aliphatic heterocycles. The predicted octanol–water partition coefficient (Wildman–Crippen LogP) is 2.56. The van der Waals surface area contributed by atoms with Crippen LogP contribution in [0.15, 0.2) is 34.2 Å². The van der Waals surface area contributed by atoms with Crippen molar-refractivity contribution < 1.29 is 23.5 Å². The van der Waals surface area contributed by atoms with E-state index in [1.807, 2.05) is 26.1 Å². The Labute approximate surface area is 182 Å². The summed E-state index contributed by atoms with van der Waals surface area (Å²) in [5.74, 6) is -2.07. The van der Waals surface area contributed by atoms with Crippen LogP contribution in [0.1, 0.15) is 33.3 Å². The van der Waals surface area contributed by atoms with Crippen molar-refractivity contribution in [2.45, 2.75) is 33.1 Å². The summed E-state index contributed by atoms with van der Waals surface area (Å²) < 4.78 is 24.4. The molecule has 1 heterocycles. The van der Waals surface area contributed by atoms with Gasteiger partial charge in [-0.2, -0.15) is 10.4 Å². The molecule has 0 aliphatic carbocycles. The fourth-order valence-electron chi connectivity index (χ4n) is 2.33. The number of rotatable bonds is 6. The minimum absolute atomic E-state index is 0.00504. The molecular weight excluding hydrogens is 423 g/mol. The second-order valence-corrected chi connectivity index (χ2v) is 7.30. The largest absolute Gasteiger partial charge is 0.450 e. The van der Waals surface area contributed by atoms with Gasteiger partial charge in [-0.25, -0.2) is 14.3 Å². The fourth-order valence-corrected chi connectivity index (χ4v) is 2.33. The maximum atomic E-state index is 14.5. The number of carbonyl (C=O) groups is 2. The van der Waals surface area contributed by atoms with E-state index in [1.165, 1.54) is 24.3 Å². The molecule has 1 aromatic heterocycles. The van der Waals surface area contributed by atoms with Gasteiger partial charge >= 0.3 is 6.09 Å². The Morgan fingerprint density at radius 1 is 1.31 bits per heavy atom. The van der Waals surface area contributed by atoms with Crippen LogP contribution in [0.25, 0.3) is 0 Å². The van der Waals surface area contributed by atoms with Crippen LogP contribution < -0.4 is 21.0 Å². The van der Waals surface area contributed by atoms with E-state index in [9.17, 15) is 18.8 Å². The molecule has 0 bridgehead atoms. The molecule has 0 saturated heterocycles. The Morgan fingerprint density at radius 3 is 2.62 bits per heavy atom. The van der Waals surface area contributed by atoms with Gasteiger partial charge in [-0.1, -0.05) is 20.8 Å². The number of amides is 2.